The molecular formula is C10H19O4P-2. The summed E-state index contributed by atoms with van der Waals surface area (Å²) in [6.07, 6.45) is 4.71. The van der Waals surface area contributed by atoms with Crippen LogP contribution in [0.2, 0.25) is 0 Å². The molecule has 0 radical (unpaired) electrons. The normalized spacial score (nSPS) is 13.7. The van der Waals surface area contributed by atoms with Crippen LogP contribution in [0.25, 0.3) is 0 Å². The summed E-state index contributed by atoms with van der Waals surface area (Å²) < 4.78 is 14.3. The van der Waals surface area contributed by atoms with E-state index in [0.29, 0.717) is 12.3 Å². The van der Waals surface area contributed by atoms with Gasteiger partial charge in [-0.2, -0.15) is 0 Å². The van der Waals surface area contributed by atoms with E-state index in [9.17, 15) is 14.4 Å². The van der Waals surface area contributed by atoms with Gasteiger partial charge in [-0.15, -0.1) is 0 Å². The van der Waals surface area contributed by atoms with Crippen LogP contribution in [0.3, 0.4) is 0 Å². The maximum Gasteiger partial charge on any atom is 0.0596 e. The highest BCUT2D eigenvalue weighted by atomic mass is 31.2. The van der Waals surface area contributed by atoms with E-state index in [-0.39, 0.29) is 6.61 Å². The molecule has 0 aliphatic rings. The standard InChI is InChI=1S/C10H21O4P/c1-9(2)5-4-6-10(3)7-8-14-15(11,12)13/h5,10H,4,6-8H2,1-3H3,(H2,11,12,13)/p-2. The van der Waals surface area contributed by atoms with Crippen molar-refractivity contribution in [2.45, 2.75) is 40.0 Å². The maximum absolute atomic E-state index is 10.2. The minimum Gasteiger partial charge on any atom is -0.790 e. The SMILES string of the molecule is CC(C)=CCCC(C)CCOP(=O)([O-])[O-]. The summed E-state index contributed by atoms with van der Waals surface area (Å²) in [4.78, 5) is 20.3. The van der Waals surface area contributed by atoms with Gasteiger partial charge in [0.05, 0.1) is 14.4 Å². The summed E-state index contributed by atoms with van der Waals surface area (Å²) in [7, 11) is -4.78. The number of rotatable bonds is 7. The van der Waals surface area contributed by atoms with Crippen LogP contribution in [0.4, 0.5) is 0 Å². The fourth-order valence-electron chi connectivity index (χ4n) is 1.17. The van der Waals surface area contributed by atoms with Gasteiger partial charge < -0.3 is 18.9 Å². The van der Waals surface area contributed by atoms with Crippen molar-refractivity contribution >= 4 is 7.82 Å². The lowest BCUT2D eigenvalue weighted by Gasteiger charge is -2.29. The predicted octanol–water partition coefficient (Wildman–Crippen LogP) is 1.60. The molecule has 0 aliphatic heterocycles. The molecule has 0 heterocycles. The first-order valence-corrected chi connectivity index (χ1v) is 6.57. The number of phosphoric acid groups is 1. The molecule has 0 aromatic carbocycles. The monoisotopic (exact) mass is 234 g/mol. The Hall–Kier alpha value is -0.150. The van der Waals surface area contributed by atoms with Crippen molar-refractivity contribution in [1.82, 2.24) is 0 Å². The Kier molecular flexibility index (Phi) is 7.11. The molecule has 5 heteroatoms. The van der Waals surface area contributed by atoms with Crippen LogP contribution >= 0.6 is 7.82 Å². The Morgan fingerprint density at radius 1 is 1.40 bits per heavy atom. The smallest absolute Gasteiger partial charge is 0.0596 e. The van der Waals surface area contributed by atoms with E-state index in [1.165, 1.54) is 5.57 Å². The van der Waals surface area contributed by atoms with E-state index in [1.807, 2.05) is 20.8 Å². The lowest BCUT2D eigenvalue weighted by molar-refractivity contribution is -0.341. The summed E-state index contributed by atoms with van der Waals surface area (Å²) in [5, 5.41) is 0. The second kappa shape index (κ2) is 7.18. The van der Waals surface area contributed by atoms with E-state index < -0.39 is 7.82 Å². The van der Waals surface area contributed by atoms with Gasteiger partial charge >= 0.3 is 0 Å². The molecule has 0 aromatic rings. The van der Waals surface area contributed by atoms with Gasteiger partial charge in [-0.1, -0.05) is 18.6 Å². The lowest BCUT2D eigenvalue weighted by atomic mass is 10.0. The summed E-state index contributed by atoms with van der Waals surface area (Å²) >= 11 is 0. The Morgan fingerprint density at radius 2 is 2.00 bits per heavy atom. The molecule has 0 saturated carbocycles. The van der Waals surface area contributed by atoms with Crippen molar-refractivity contribution in [3.63, 3.8) is 0 Å². The largest absolute Gasteiger partial charge is 0.790 e. The fourth-order valence-corrected chi connectivity index (χ4v) is 1.50. The molecule has 4 nitrogen and oxygen atoms in total. The third-order valence-corrected chi connectivity index (χ3v) is 2.57. The number of phosphoric ester groups is 1. The highest BCUT2D eigenvalue weighted by molar-refractivity contribution is 7.43. The van der Waals surface area contributed by atoms with Gasteiger partial charge in [0, 0.05) is 0 Å². The third-order valence-electron chi connectivity index (χ3n) is 2.07. The zero-order valence-electron chi connectivity index (χ0n) is 9.56. The van der Waals surface area contributed by atoms with Crippen molar-refractivity contribution in [2.24, 2.45) is 5.92 Å². The van der Waals surface area contributed by atoms with Crippen LogP contribution in [0.15, 0.2) is 11.6 Å². The van der Waals surface area contributed by atoms with Crippen molar-refractivity contribution in [3.8, 4) is 0 Å². The van der Waals surface area contributed by atoms with Gasteiger partial charge in [0.2, 0.25) is 0 Å². The average Bonchev–Trinajstić information content (AvgIpc) is 2.00. The molecule has 0 saturated heterocycles. The van der Waals surface area contributed by atoms with Crippen LogP contribution in [0.5, 0.6) is 0 Å². The van der Waals surface area contributed by atoms with E-state index >= 15 is 0 Å². The summed E-state index contributed by atoms with van der Waals surface area (Å²) in [6, 6.07) is 0. The molecule has 0 N–H and O–H groups in total. The van der Waals surface area contributed by atoms with E-state index in [2.05, 4.69) is 10.6 Å². The van der Waals surface area contributed by atoms with Crippen molar-refractivity contribution in [2.75, 3.05) is 6.61 Å². The maximum atomic E-state index is 10.2. The van der Waals surface area contributed by atoms with Gasteiger partial charge in [0.1, 0.15) is 0 Å². The Labute approximate surface area is 91.6 Å². The minimum absolute atomic E-state index is 0.000264. The minimum atomic E-state index is -4.78. The molecule has 0 fully saturated rings. The van der Waals surface area contributed by atoms with Gasteiger partial charge in [-0.05, 0) is 39.0 Å². The molecular weight excluding hydrogens is 215 g/mol. The molecule has 0 aliphatic carbocycles. The van der Waals surface area contributed by atoms with Crippen LogP contribution in [0, 0.1) is 5.92 Å². The number of hydrogen-bond acceptors (Lipinski definition) is 4. The summed E-state index contributed by atoms with van der Waals surface area (Å²) in [6.45, 7) is 6.10. The first-order valence-electron chi connectivity index (χ1n) is 5.11. The molecule has 0 aromatic heterocycles. The zero-order chi connectivity index (χ0) is 11.9. The molecule has 15 heavy (non-hydrogen) atoms. The Morgan fingerprint density at radius 3 is 2.47 bits per heavy atom. The van der Waals surface area contributed by atoms with Crippen molar-refractivity contribution in [3.05, 3.63) is 11.6 Å². The predicted molar refractivity (Wildman–Crippen MR) is 56.0 cm³/mol. The van der Waals surface area contributed by atoms with Crippen LogP contribution in [-0.4, -0.2) is 6.61 Å². The molecule has 1 unspecified atom stereocenters. The summed E-state index contributed by atoms with van der Waals surface area (Å²) in [5.74, 6) is 0.368. The van der Waals surface area contributed by atoms with Crippen LogP contribution in [-0.2, 0) is 9.09 Å². The van der Waals surface area contributed by atoms with E-state index in [0.717, 1.165) is 12.8 Å². The molecule has 0 rings (SSSR count). The molecule has 0 spiro atoms. The van der Waals surface area contributed by atoms with Crippen molar-refractivity contribution < 1.29 is 18.9 Å². The van der Waals surface area contributed by atoms with Gasteiger partial charge in [-0.25, -0.2) is 0 Å². The van der Waals surface area contributed by atoms with Crippen LogP contribution in [0.1, 0.15) is 40.0 Å². The average molecular weight is 234 g/mol. The summed E-state index contributed by atoms with van der Waals surface area (Å²) in [5.41, 5.74) is 1.28. The van der Waals surface area contributed by atoms with Gasteiger partial charge in [0.25, 0.3) is 0 Å². The van der Waals surface area contributed by atoms with Gasteiger partial charge in [-0.3, -0.25) is 0 Å². The topological polar surface area (TPSA) is 72.4 Å². The zero-order valence-corrected chi connectivity index (χ0v) is 10.5. The Balaban J connectivity index is 3.54. The molecule has 0 bridgehead atoms. The molecule has 1 atom stereocenters. The Bertz CT molecular complexity index is 240. The first-order chi connectivity index (χ1) is 6.81. The van der Waals surface area contributed by atoms with Gasteiger partial charge in [0.15, 0.2) is 0 Å². The first kappa shape index (κ1) is 14.8. The molecule has 0 amide bonds. The highest BCUT2D eigenvalue weighted by Gasteiger charge is 2.01. The quantitative estimate of drug-likeness (QED) is 0.495. The van der Waals surface area contributed by atoms with E-state index in [1.54, 1.807) is 0 Å². The van der Waals surface area contributed by atoms with E-state index in [4.69, 9.17) is 0 Å². The second-order valence-corrected chi connectivity index (χ2v) is 5.19. The third kappa shape index (κ3) is 11.8. The lowest BCUT2D eigenvalue weighted by Crippen LogP contribution is -2.17. The number of allylic oxidation sites excluding steroid dienone is 2. The molecule has 90 valence electrons. The fraction of sp³-hybridized carbons (Fsp3) is 0.800. The second-order valence-electron chi connectivity index (χ2n) is 4.03. The van der Waals surface area contributed by atoms with Crippen LogP contribution < -0.4 is 9.79 Å². The van der Waals surface area contributed by atoms with Crippen molar-refractivity contribution in [1.29, 1.82) is 0 Å². The highest BCUT2D eigenvalue weighted by Crippen LogP contribution is 2.25. The number of hydrogen-bond donors (Lipinski definition) is 0.